The Hall–Kier alpha value is -3.02. The van der Waals surface area contributed by atoms with Crippen LogP contribution in [-0.2, 0) is 6.42 Å². The molecule has 0 radical (unpaired) electrons. The van der Waals surface area contributed by atoms with Crippen molar-refractivity contribution in [1.29, 1.82) is 0 Å². The number of amides is 1. The van der Waals surface area contributed by atoms with Gasteiger partial charge >= 0.3 is 0 Å². The molecule has 3 aromatic rings. The van der Waals surface area contributed by atoms with Crippen LogP contribution in [-0.4, -0.2) is 24.5 Å². The normalized spacial score (nSPS) is 13.2. The first-order valence-electron chi connectivity index (χ1n) is 7.82. The monoisotopic (exact) mass is 340 g/mol. The number of carbonyl (C=O) groups excluding carboxylic acids is 1. The molecule has 0 fully saturated rings. The van der Waals surface area contributed by atoms with Gasteiger partial charge in [0.25, 0.3) is 5.91 Å². The molecule has 0 spiro atoms. The van der Waals surface area contributed by atoms with Crippen LogP contribution in [0.4, 0.5) is 14.6 Å². The number of fused-ring (bicyclic) bond motifs is 2. The van der Waals surface area contributed by atoms with Crippen molar-refractivity contribution in [3.8, 4) is 5.75 Å². The molecule has 1 amide bonds. The molecule has 4 nitrogen and oxygen atoms in total. The highest BCUT2D eigenvalue weighted by Crippen LogP contribution is 2.33. The Morgan fingerprint density at radius 2 is 2.00 bits per heavy atom. The van der Waals surface area contributed by atoms with E-state index < -0.39 is 17.5 Å². The number of aromatic nitrogens is 1. The number of hydrogen-bond acceptors (Lipinski definition) is 3. The first-order valence-corrected chi connectivity index (χ1v) is 7.82. The standard InChI is InChI=1S/C19H14F2N2O2/c1-25-16-4-2-3-11-9-12-7-8-23(18(12)22-17(11)16)19(24)13-5-6-14(20)15(21)10-13/h2-6,9-10H,7-8H2,1H3. The van der Waals surface area contributed by atoms with Crippen molar-refractivity contribution < 1.29 is 18.3 Å². The molecule has 1 aliphatic rings. The SMILES string of the molecule is COc1cccc2cc3c(nc12)N(C(=O)c1ccc(F)c(F)c1)CC3. The number of ether oxygens (including phenoxy) is 1. The molecule has 1 aliphatic heterocycles. The van der Waals surface area contributed by atoms with Gasteiger partial charge in [0.15, 0.2) is 11.6 Å². The first-order chi connectivity index (χ1) is 12.1. The summed E-state index contributed by atoms with van der Waals surface area (Å²) in [6.07, 6.45) is 0.658. The van der Waals surface area contributed by atoms with Crippen molar-refractivity contribution in [2.45, 2.75) is 6.42 Å². The zero-order chi connectivity index (χ0) is 17.6. The van der Waals surface area contributed by atoms with Gasteiger partial charge in [-0.3, -0.25) is 9.69 Å². The van der Waals surface area contributed by atoms with E-state index in [1.165, 1.54) is 11.0 Å². The number of hydrogen-bond donors (Lipinski definition) is 0. The topological polar surface area (TPSA) is 42.4 Å². The Bertz CT molecular complexity index is 1000. The Morgan fingerprint density at radius 1 is 1.16 bits per heavy atom. The Balaban J connectivity index is 1.79. The number of methoxy groups -OCH3 is 1. The molecule has 6 heteroatoms. The summed E-state index contributed by atoms with van der Waals surface area (Å²) in [6, 6.07) is 10.8. The molecule has 4 rings (SSSR count). The molecule has 2 aromatic carbocycles. The fourth-order valence-electron chi connectivity index (χ4n) is 3.11. The van der Waals surface area contributed by atoms with Gasteiger partial charge in [-0.05, 0) is 42.3 Å². The van der Waals surface area contributed by atoms with Gasteiger partial charge in [0.1, 0.15) is 17.1 Å². The molecule has 0 saturated carbocycles. The minimum absolute atomic E-state index is 0.0914. The zero-order valence-corrected chi connectivity index (χ0v) is 13.4. The molecule has 0 N–H and O–H groups in total. The summed E-state index contributed by atoms with van der Waals surface area (Å²) >= 11 is 0. The molecule has 0 unspecified atom stereocenters. The number of halogens is 2. The van der Waals surface area contributed by atoms with Crippen molar-refractivity contribution >= 4 is 22.6 Å². The van der Waals surface area contributed by atoms with Crippen molar-refractivity contribution in [1.82, 2.24) is 4.98 Å². The van der Waals surface area contributed by atoms with Crippen molar-refractivity contribution in [2.75, 3.05) is 18.6 Å². The highest BCUT2D eigenvalue weighted by Gasteiger charge is 2.28. The number of para-hydroxylation sites is 1. The number of nitrogens with zero attached hydrogens (tertiary/aromatic N) is 2. The zero-order valence-electron chi connectivity index (χ0n) is 13.4. The molecule has 1 aromatic heterocycles. The number of carbonyl (C=O) groups is 1. The Kier molecular flexibility index (Phi) is 3.60. The predicted molar refractivity (Wildman–Crippen MR) is 90.0 cm³/mol. The number of pyridine rings is 1. The van der Waals surface area contributed by atoms with Gasteiger partial charge in [0.05, 0.1) is 7.11 Å². The van der Waals surface area contributed by atoms with E-state index in [0.717, 1.165) is 23.1 Å². The van der Waals surface area contributed by atoms with Crippen LogP contribution in [0.15, 0.2) is 42.5 Å². The minimum Gasteiger partial charge on any atom is -0.494 e. The average molecular weight is 340 g/mol. The third kappa shape index (κ3) is 2.50. The van der Waals surface area contributed by atoms with Crippen LogP contribution >= 0.6 is 0 Å². The predicted octanol–water partition coefficient (Wildman–Crippen LogP) is 3.72. The summed E-state index contributed by atoms with van der Waals surface area (Å²) in [7, 11) is 1.56. The number of rotatable bonds is 2. The molecular formula is C19H14F2N2O2. The molecule has 25 heavy (non-hydrogen) atoms. The maximum Gasteiger partial charge on any atom is 0.259 e. The van der Waals surface area contributed by atoms with Crippen LogP contribution in [0.5, 0.6) is 5.75 Å². The second-order valence-corrected chi connectivity index (χ2v) is 5.84. The summed E-state index contributed by atoms with van der Waals surface area (Å²) in [4.78, 5) is 18.8. The molecule has 126 valence electrons. The van der Waals surface area contributed by atoms with E-state index >= 15 is 0 Å². The number of benzene rings is 2. The minimum atomic E-state index is -1.04. The molecule has 0 atom stereocenters. The van der Waals surface area contributed by atoms with Gasteiger partial charge < -0.3 is 4.74 Å². The molecule has 2 heterocycles. The fraction of sp³-hybridized carbons (Fsp3) is 0.158. The lowest BCUT2D eigenvalue weighted by atomic mass is 10.1. The summed E-state index contributed by atoms with van der Waals surface area (Å²) < 4.78 is 31.9. The summed E-state index contributed by atoms with van der Waals surface area (Å²) in [5.41, 5.74) is 1.69. The third-order valence-electron chi connectivity index (χ3n) is 4.36. The average Bonchev–Trinajstić information content (AvgIpc) is 3.03. The van der Waals surface area contributed by atoms with Crippen LogP contribution in [0.3, 0.4) is 0 Å². The van der Waals surface area contributed by atoms with E-state index in [9.17, 15) is 13.6 Å². The highest BCUT2D eigenvalue weighted by atomic mass is 19.2. The molecular weight excluding hydrogens is 326 g/mol. The van der Waals surface area contributed by atoms with Crippen molar-refractivity contribution in [3.05, 3.63) is 65.2 Å². The summed E-state index contributed by atoms with van der Waals surface area (Å²) in [6.45, 7) is 0.443. The van der Waals surface area contributed by atoms with Crippen LogP contribution in [0.2, 0.25) is 0 Å². The second-order valence-electron chi connectivity index (χ2n) is 5.84. The summed E-state index contributed by atoms with van der Waals surface area (Å²) in [5, 5.41) is 0.931. The van der Waals surface area contributed by atoms with E-state index in [0.29, 0.717) is 30.0 Å². The van der Waals surface area contributed by atoms with Crippen LogP contribution < -0.4 is 9.64 Å². The van der Waals surface area contributed by atoms with Gasteiger partial charge in [-0.1, -0.05) is 12.1 Å². The Morgan fingerprint density at radius 3 is 2.76 bits per heavy atom. The van der Waals surface area contributed by atoms with Crippen LogP contribution in [0.1, 0.15) is 15.9 Å². The lowest BCUT2D eigenvalue weighted by Gasteiger charge is -2.17. The van der Waals surface area contributed by atoms with Gasteiger partial charge in [-0.25, -0.2) is 13.8 Å². The molecule has 0 saturated heterocycles. The lowest BCUT2D eigenvalue weighted by Crippen LogP contribution is -2.29. The van der Waals surface area contributed by atoms with E-state index in [-0.39, 0.29) is 5.56 Å². The largest absolute Gasteiger partial charge is 0.494 e. The van der Waals surface area contributed by atoms with Gasteiger partial charge in [-0.2, -0.15) is 0 Å². The van der Waals surface area contributed by atoms with E-state index in [1.54, 1.807) is 13.2 Å². The van der Waals surface area contributed by atoms with Crippen molar-refractivity contribution in [2.24, 2.45) is 0 Å². The van der Waals surface area contributed by atoms with Gasteiger partial charge in [-0.15, -0.1) is 0 Å². The fourth-order valence-corrected chi connectivity index (χ4v) is 3.11. The van der Waals surface area contributed by atoms with E-state index in [2.05, 4.69) is 4.98 Å². The van der Waals surface area contributed by atoms with Gasteiger partial charge in [0, 0.05) is 17.5 Å². The smallest absolute Gasteiger partial charge is 0.259 e. The third-order valence-corrected chi connectivity index (χ3v) is 4.36. The highest BCUT2D eigenvalue weighted by molar-refractivity contribution is 6.07. The second kappa shape index (κ2) is 5.81. The van der Waals surface area contributed by atoms with Crippen LogP contribution in [0.25, 0.3) is 10.9 Å². The molecule has 0 bridgehead atoms. The maximum absolute atomic E-state index is 13.5. The maximum atomic E-state index is 13.5. The molecule has 0 aliphatic carbocycles. The van der Waals surface area contributed by atoms with E-state index in [1.807, 2.05) is 18.2 Å². The lowest BCUT2D eigenvalue weighted by molar-refractivity contribution is 0.0988. The number of anilines is 1. The van der Waals surface area contributed by atoms with E-state index in [4.69, 9.17) is 4.74 Å². The Labute approximate surface area is 142 Å². The first kappa shape index (κ1) is 15.5. The van der Waals surface area contributed by atoms with Crippen molar-refractivity contribution in [3.63, 3.8) is 0 Å². The quantitative estimate of drug-likeness (QED) is 0.714. The van der Waals surface area contributed by atoms with Crippen LogP contribution in [0, 0.1) is 11.6 Å². The van der Waals surface area contributed by atoms with Gasteiger partial charge in [0.2, 0.25) is 0 Å². The summed E-state index contributed by atoms with van der Waals surface area (Å²) in [5.74, 6) is -1.27.